The molecule has 5 heteroatoms. The molecular formula is C19H28N2O3. The van der Waals surface area contributed by atoms with E-state index in [0.29, 0.717) is 25.6 Å². The van der Waals surface area contributed by atoms with E-state index in [1.807, 2.05) is 6.07 Å². The summed E-state index contributed by atoms with van der Waals surface area (Å²) in [7, 11) is 0. The molecule has 3 rings (SSSR count). The number of primary amides is 1. The van der Waals surface area contributed by atoms with Crippen molar-refractivity contribution in [1.29, 1.82) is 0 Å². The summed E-state index contributed by atoms with van der Waals surface area (Å²) < 4.78 is 5.56. The van der Waals surface area contributed by atoms with Crippen LogP contribution in [-0.4, -0.2) is 53.4 Å². The Balaban J connectivity index is 1.57. The summed E-state index contributed by atoms with van der Waals surface area (Å²) >= 11 is 0. The lowest BCUT2D eigenvalue weighted by Crippen LogP contribution is -2.59. The number of benzene rings is 1. The van der Waals surface area contributed by atoms with Gasteiger partial charge >= 0.3 is 0 Å². The maximum absolute atomic E-state index is 11.6. The van der Waals surface area contributed by atoms with Gasteiger partial charge in [-0.05, 0) is 44.1 Å². The Morgan fingerprint density at radius 3 is 2.62 bits per heavy atom. The molecule has 0 bridgehead atoms. The second-order valence-corrected chi connectivity index (χ2v) is 7.56. The van der Waals surface area contributed by atoms with Gasteiger partial charge in [0.1, 0.15) is 0 Å². The van der Waals surface area contributed by atoms with Crippen molar-refractivity contribution >= 4 is 5.91 Å². The van der Waals surface area contributed by atoms with E-state index in [4.69, 9.17) is 10.5 Å². The highest BCUT2D eigenvalue weighted by Gasteiger charge is 2.41. The van der Waals surface area contributed by atoms with Gasteiger partial charge in [0.2, 0.25) is 0 Å². The lowest BCUT2D eigenvalue weighted by atomic mass is 9.76. The van der Waals surface area contributed by atoms with Crippen molar-refractivity contribution in [2.24, 2.45) is 5.73 Å². The van der Waals surface area contributed by atoms with Gasteiger partial charge in [0, 0.05) is 19.6 Å². The molecule has 0 radical (unpaired) electrons. The van der Waals surface area contributed by atoms with Crippen molar-refractivity contribution in [2.45, 2.75) is 49.7 Å². The molecule has 0 unspecified atom stereocenters. The first kappa shape index (κ1) is 17.4. The van der Waals surface area contributed by atoms with E-state index in [-0.39, 0.29) is 0 Å². The van der Waals surface area contributed by atoms with E-state index in [1.165, 1.54) is 5.56 Å². The van der Waals surface area contributed by atoms with Crippen LogP contribution in [0.2, 0.25) is 0 Å². The number of β-amino-alcohol motifs (C(OH)–C–C–N with tert-alkyl or cyclic N) is 1. The van der Waals surface area contributed by atoms with E-state index in [0.717, 1.165) is 32.2 Å². The molecular weight excluding hydrogens is 304 g/mol. The van der Waals surface area contributed by atoms with Gasteiger partial charge in [-0.1, -0.05) is 30.3 Å². The average Bonchev–Trinajstić information content (AvgIpc) is 2.56. The van der Waals surface area contributed by atoms with Gasteiger partial charge < -0.3 is 15.6 Å². The number of nitrogens with zero attached hydrogens (tertiary/aromatic N) is 1. The summed E-state index contributed by atoms with van der Waals surface area (Å²) in [6.45, 7) is 3.97. The minimum atomic E-state index is -0.949. The molecule has 1 atom stereocenters. The zero-order chi connectivity index (χ0) is 17.2. The second kappa shape index (κ2) is 6.82. The first-order valence-electron chi connectivity index (χ1n) is 8.84. The molecule has 24 heavy (non-hydrogen) atoms. The largest absolute Gasteiger partial charge is 0.389 e. The van der Waals surface area contributed by atoms with Gasteiger partial charge in [-0.25, -0.2) is 0 Å². The third-order valence-electron chi connectivity index (χ3n) is 5.58. The van der Waals surface area contributed by atoms with Crippen LogP contribution in [0.1, 0.15) is 44.1 Å². The van der Waals surface area contributed by atoms with E-state index in [1.54, 1.807) is 6.92 Å². The van der Waals surface area contributed by atoms with Crippen molar-refractivity contribution in [3.8, 4) is 0 Å². The lowest BCUT2D eigenvalue weighted by molar-refractivity contribution is -0.157. The Hall–Kier alpha value is -1.43. The van der Waals surface area contributed by atoms with Crippen LogP contribution in [-0.2, 0) is 9.53 Å². The molecule has 0 spiro atoms. The third kappa shape index (κ3) is 3.79. The highest BCUT2D eigenvalue weighted by molar-refractivity contribution is 5.83. The molecule has 1 aromatic rings. The molecule has 1 heterocycles. The second-order valence-electron chi connectivity index (χ2n) is 7.56. The normalized spacial score (nSPS) is 34.8. The van der Waals surface area contributed by atoms with Crippen LogP contribution in [0.3, 0.4) is 0 Å². The molecule has 1 amide bonds. The number of amides is 1. The van der Waals surface area contributed by atoms with Crippen LogP contribution < -0.4 is 5.73 Å². The third-order valence-corrected chi connectivity index (χ3v) is 5.58. The molecule has 1 saturated carbocycles. The molecule has 0 aromatic heterocycles. The molecule has 1 saturated heterocycles. The van der Waals surface area contributed by atoms with E-state index in [2.05, 4.69) is 29.2 Å². The van der Waals surface area contributed by atoms with Gasteiger partial charge in [0.15, 0.2) is 5.60 Å². The fourth-order valence-corrected chi connectivity index (χ4v) is 4.02. The number of nitrogens with two attached hydrogens (primary N) is 1. The zero-order valence-electron chi connectivity index (χ0n) is 14.4. The quantitative estimate of drug-likeness (QED) is 0.879. The number of rotatable bonds is 4. The highest BCUT2D eigenvalue weighted by atomic mass is 16.5. The smallest absolute Gasteiger partial charge is 0.250 e. The Morgan fingerprint density at radius 2 is 2.00 bits per heavy atom. The predicted octanol–water partition coefficient (Wildman–Crippen LogP) is 1.65. The molecule has 3 N–H and O–H groups in total. The number of ether oxygens (including phenoxy) is 1. The maximum atomic E-state index is 11.6. The average molecular weight is 332 g/mol. The van der Waals surface area contributed by atoms with Crippen LogP contribution in [0.25, 0.3) is 0 Å². The van der Waals surface area contributed by atoms with Crippen molar-refractivity contribution in [3.05, 3.63) is 35.9 Å². The van der Waals surface area contributed by atoms with Crippen molar-refractivity contribution in [2.75, 3.05) is 26.2 Å². The number of morpholine rings is 1. The van der Waals surface area contributed by atoms with Crippen LogP contribution in [0.4, 0.5) is 0 Å². The summed E-state index contributed by atoms with van der Waals surface area (Å²) in [5, 5.41) is 11.0. The Morgan fingerprint density at radius 1 is 1.33 bits per heavy atom. The minimum Gasteiger partial charge on any atom is -0.389 e. The topological polar surface area (TPSA) is 75.8 Å². The summed E-state index contributed by atoms with van der Waals surface area (Å²) in [6, 6.07) is 10.5. The zero-order valence-corrected chi connectivity index (χ0v) is 14.4. The highest BCUT2D eigenvalue weighted by Crippen LogP contribution is 2.38. The van der Waals surface area contributed by atoms with Crippen molar-refractivity contribution < 1.29 is 14.6 Å². The van der Waals surface area contributed by atoms with Crippen LogP contribution in [0.15, 0.2) is 30.3 Å². The first-order valence-corrected chi connectivity index (χ1v) is 8.84. The van der Waals surface area contributed by atoms with E-state index >= 15 is 0 Å². The van der Waals surface area contributed by atoms with Gasteiger partial charge in [0.25, 0.3) is 5.91 Å². The molecule has 2 aliphatic rings. The lowest BCUT2D eigenvalue weighted by Gasteiger charge is -2.44. The molecule has 1 aliphatic carbocycles. The first-order chi connectivity index (χ1) is 11.4. The summed E-state index contributed by atoms with van der Waals surface area (Å²) in [5.41, 5.74) is 5.20. The van der Waals surface area contributed by atoms with E-state index < -0.39 is 17.1 Å². The molecule has 132 valence electrons. The SMILES string of the molecule is C[C@]1(C(N)=O)CN(CC2(O)CCC(c3ccccc3)CC2)CCO1. The van der Waals surface area contributed by atoms with Crippen molar-refractivity contribution in [1.82, 2.24) is 4.90 Å². The number of hydrogen-bond acceptors (Lipinski definition) is 4. The predicted molar refractivity (Wildman–Crippen MR) is 92.6 cm³/mol. The monoisotopic (exact) mass is 332 g/mol. The molecule has 1 aliphatic heterocycles. The molecule has 1 aromatic carbocycles. The van der Waals surface area contributed by atoms with E-state index in [9.17, 15) is 9.90 Å². The van der Waals surface area contributed by atoms with Crippen molar-refractivity contribution in [3.63, 3.8) is 0 Å². The van der Waals surface area contributed by atoms with Crippen LogP contribution in [0.5, 0.6) is 0 Å². The number of aliphatic hydroxyl groups is 1. The van der Waals surface area contributed by atoms with Crippen LogP contribution >= 0.6 is 0 Å². The number of carbonyl (C=O) groups is 1. The molecule has 2 fully saturated rings. The standard InChI is InChI=1S/C19H28N2O3/c1-18(17(20)22)13-21(11-12-24-18)14-19(23)9-7-16(8-10-19)15-5-3-2-4-6-15/h2-6,16,23H,7-14H2,1H3,(H2,20,22)/t16?,18-,19?/m1/s1. The Labute approximate surface area is 143 Å². The van der Waals surface area contributed by atoms with Gasteiger partial charge in [0.05, 0.1) is 12.2 Å². The number of hydrogen-bond donors (Lipinski definition) is 2. The summed E-state index contributed by atoms with van der Waals surface area (Å²) in [4.78, 5) is 13.7. The Kier molecular flexibility index (Phi) is 4.95. The van der Waals surface area contributed by atoms with Gasteiger partial charge in [-0.3, -0.25) is 9.69 Å². The maximum Gasteiger partial charge on any atom is 0.250 e. The van der Waals surface area contributed by atoms with Gasteiger partial charge in [-0.2, -0.15) is 0 Å². The summed E-state index contributed by atoms with van der Waals surface area (Å²) in [5.74, 6) is 0.0963. The minimum absolute atomic E-state index is 0.438. The summed E-state index contributed by atoms with van der Waals surface area (Å²) in [6.07, 6.45) is 3.57. The molecule has 5 nitrogen and oxygen atoms in total. The van der Waals surface area contributed by atoms with Crippen LogP contribution in [0, 0.1) is 0 Å². The Bertz CT molecular complexity index is 569. The van der Waals surface area contributed by atoms with Gasteiger partial charge in [-0.15, -0.1) is 0 Å². The fourth-order valence-electron chi connectivity index (χ4n) is 4.02. The fraction of sp³-hybridized carbons (Fsp3) is 0.632. The number of carbonyl (C=O) groups excluding carboxylic acids is 1.